The molecule has 0 bridgehead atoms. The highest BCUT2D eigenvalue weighted by molar-refractivity contribution is 5.86. The summed E-state index contributed by atoms with van der Waals surface area (Å²) in [5.74, 6) is -1.88. The van der Waals surface area contributed by atoms with Crippen LogP contribution in [-0.4, -0.2) is 77.7 Å². The third-order valence-corrected chi connectivity index (χ3v) is 8.12. The number of phenols is 2. The Bertz CT molecular complexity index is 1590. The monoisotopic (exact) mass is 680 g/mol. The summed E-state index contributed by atoms with van der Waals surface area (Å²) in [6, 6.07) is 8.05. The summed E-state index contributed by atoms with van der Waals surface area (Å²) in [6.07, 6.45) is -1.83. The summed E-state index contributed by atoms with van der Waals surface area (Å²) in [7, 11) is 0. The van der Waals surface area contributed by atoms with Crippen molar-refractivity contribution < 1.29 is 43.5 Å². The molecule has 49 heavy (non-hydrogen) atoms. The van der Waals surface area contributed by atoms with Gasteiger partial charge in [0.1, 0.15) is 30.3 Å². The summed E-state index contributed by atoms with van der Waals surface area (Å²) >= 11 is 0. The molecule has 0 aliphatic carbocycles. The highest BCUT2D eigenvalue weighted by Crippen LogP contribution is 2.38. The number of hydrogen-bond acceptors (Lipinski definition) is 11. The van der Waals surface area contributed by atoms with Crippen molar-refractivity contribution in [3.05, 3.63) is 58.1 Å². The molecule has 11 nitrogen and oxygen atoms in total. The number of esters is 3. The second kappa shape index (κ2) is 15.1. The van der Waals surface area contributed by atoms with Crippen molar-refractivity contribution in [2.24, 2.45) is 9.98 Å². The van der Waals surface area contributed by atoms with Gasteiger partial charge < -0.3 is 29.2 Å². The van der Waals surface area contributed by atoms with Crippen LogP contribution in [0.25, 0.3) is 0 Å². The molecule has 1 aliphatic rings. The lowest BCUT2D eigenvalue weighted by molar-refractivity contribution is -0.218. The van der Waals surface area contributed by atoms with E-state index in [0.29, 0.717) is 16.7 Å². The molecule has 0 unspecified atom stereocenters. The van der Waals surface area contributed by atoms with Crippen molar-refractivity contribution in [3.63, 3.8) is 0 Å². The molecule has 2 N–H and O–H groups in total. The molecule has 0 spiro atoms. The predicted octanol–water partition coefficient (Wildman–Crippen LogP) is 6.05. The molecule has 3 rings (SSSR count). The Kier molecular flexibility index (Phi) is 12.1. The maximum atomic E-state index is 12.5. The molecular weight excluding hydrogens is 628 g/mol. The first-order chi connectivity index (χ1) is 22.5. The quantitative estimate of drug-likeness (QED) is 0.193. The first-order valence-electron chi connectivity index (χ1n) is 16.4. The molecule has 1 aliphatic heterocycles. The first kappa shape index (κ1) is 39.2. The molecule has 1 heterocycles. The minimum absolute atomic E-state index is 0.0301. The lowest BCUT2D eigenvalue weighted by atomic mass is 9.79. The van der Waals surface area contributed by atoms with Gasteiger partial charge in [-0.05, 0) is 39.5 Å². The van der Waals surface area contributed by atoms with Gasteiger partial charge in [-0.25, -0.2) is 0 Å². The minimum atomic E-state index is -1.23. The van der Waals surface area contributed by atoms with Crippen LogP contribution in [0.4, 0.5) is 0 Å². The zero-order chi connectivity index (χ0) is 37.1. The second-order valence-electron chi connectivity index (χ2n) is 15.5. The second-order valence-corrected chi connectivity index (χ2v) is 15.5. The first-order valence-corrected chi connectivity index (χ1v) is 16.4. The van der Waals surface area contributed by atoms with Gasteiger partial charge in [-0.15, -0.1) is 0 Å². The smallest absolute Gasteiger partial charge is 0.303 e. The third kappa shape index (κ3) is 10.1. The van der Waals surface area contributed by atoms with Crippen LogP contribution < -0.4 is 0 Å². The Morgan fingerprint density at radius 3 is 1.82 bits per heavy atom. The van der Waals surface area contributed by atoms with E-state index < -0.39 is 53.9 Å². The van der Waals surface area contributed by atoms with Crippen LogP contribution in [-0.2, 0) is 49.6 Å². The molecule has 0 aromatic heterocycles. The third-order valence-electron chi connectivity index (χ3n) is 8.12. The van der Waals surface area contributed by atoms with Gasteiger partial charge >= 0.3 is 17.9 Å². The predicted molar refractivity (Wildman–Crippen MR) is 188 cm³/mol. The molecule has 0 radical (unpaired) electrons. The van der Waals surface area contributed by atoms with E-state index in [1.807, 2.05) is 59.7 Å². The fraction of sp³-hybridized carbons (Fsp3) is 0.553. The fourth-order valence-corrected chi connectivity index (χ4v) is 5.53. The van der Waals surface area contributed by atoms with Crippen LogP contribution in [0, 0.1) is 0 Å². The summed E-state index contributed by atoms with van der Waals surface area (Å²) in [5, 5.41) is 22.6. The number of nitrogens with zero attached hydrogens (tertiary/aromatic N) is 2. The minimum Gasteiger partial charge on any atom is -0.507 e. The number of hydrogen-bond donors (Lipinski definition) is 2. The van der Waals surface area contributed by atoms with E-state index in [4.69, 9.17) is 28.9 Å². The Morgan fingerprint density at radius 2 is 1.29 bits per heavy atom. The van der Waals surface area contributed by atoms with Gasteiger partial charge in [-0.3, -0.25) is 24.4 Å². The van der Waals surface area contributed by atoms with Crippen LogP contribution in [0.15, 0.2) is 40.3 Å². The van der Waals surface area contributed by atoms with Crippen molar-refractivity contribution in [2.75, 3.05) is 6.61 Å². The molecular formula is C38H52N2O9. The van der Waals surface area contributed by atoms with E-state index in [1.165, 1.54) is 33.2 Å². The molecule has 268 valence electrons. The number of ether oxygens (including phenoxy) is 4. The van der Waals surface area contributed by atoms with E-state index >= 15 is 0 Å². The van der Waals surface area contributed by atoms with Gasteiger partial charge in [0.2, 0.25) is 0 Å². The molecule has 1 saturated heterocycles. The standard InChI is InChI=1S/C38H52N2O9/c1-21(41)46-20-29-33(47-22(2)42)34(48-23(3)43)30(39-18-24-14-13-15-27(31(24)44)37(7,8)9)35(49-29)40-19-25-16-26(36(4,5)6)17-28(32(25)45)38(10,11)12/h13-19,29-30,33-35,44-45H,20H2,1-12H3/b39-18?,40-19+/t29-,30-,33-,34-,35-/m1/s1. The van der Waals surface area contributed by atoms with E-state index in [1.54, 1.807) is 12.1 Å². The molecule has 0 saturated carbocycles. The van der Waals surface area contributed by atoms with Crippen molar-refractivity contribution >= 4 is 30.3 Å². The van der Waals surface area contributed by atoms with Crippen LogP contribution in [0.5, 0.6) is 11.5 Å². The van der Waals surface area contributed by atoms with Crippen LogP contribution in [0.1, 0.15) is 111 Å². The average Bonchev–Trinajstić information content (AvgIpc) is 2.94. The van der Waals surface area contributed by atoms with Gasteiger partial charge in [-0.1, -0.05) is 80.5 Å². The van der Waals surface area contributed by atoms with Gasteiger partial charge in [0.15, 0.2) is 18.4 Å². The summed E-state index contributed by atoms with van der Waals surface area (Å²) < 4.78 is 22.9. The van der Waals surface area contributed by atoms with Crippen molar-refractivity contribution in [3.8, 4) is 11.5 Å². The van der Waals surface area contributed by atoms with Crippen molar-refractivity contribution in [1.82, 2.24) is 0 Å². The topological polar surface area (TPSA) is 153 Å². The number of aromatic hydroxyl groups is 2. The van der Waals surface area contributed by atoms with Crippen LogP contribution in [0.3, 0.4) is 0 Å². The van der Waals surface area contributed by atoms with Gasteiger partial charge in [0.25, 0.3) is 0 Å². The lowest BCUT2D eigenvalue weighted by Gasteiger charge is -2.42. The summed E-state index contributed by atoms with van der Waals surface area (Å²) in [6.45, 7) is 21.5. The van der Waals surface area contributed by atoms with E-state index in [9.17, 15) is 24.6 Å². The zero-order valence-corrected chi connectivity index (χ0v) is 30.8. The highest BCUT2D eigenvalue weighted by atomic mass is 16.6. The largest absolute Gasteiger partial charge is 0.507 e. The number of carbonyl (C=O) groups excluding carboxylic acids is 3. The summed E-state index contributed by atoms with van der Waals surface area (Å²) in [4.78, 5) is 46.0. The fourth-order valence-electron chi connectivity index (χ4n) is 5.53. The van der Waals surface area contributed by atoms with Gasteiger partial charge in [0, 0.05) is 49.9 Å². The highest BCUT2D eigenvalue weighted by Gasteiger charge is 2.50. The van der Waals surface area contributed by atoms with E-state index in [0.717, 1.165) is 11.1 Å². The molecule has 2 aromatic carbocycles. The molecule has 11 heteroatoms. The Morgan fingerprint density at radius 1 is 0.735 bits per heavy atom. The SMILES string of the molecule is CC(=O)OC[C@H]1O[C@@H](/N=C/c2cc(C(C)(C)C)cc(C(C)(C)C)c2O)[C@H](N=Cc2cccc(C(C)(C)C)c2O)[C@@H](OC(C)=O)[C@@H]1OC(C)=O. The number of carbonyl (C=O) groups is 3. The molecule has 1 fully saturated rings. The molecule has 2 aromatic rings. The van der Waals surface area contributed by atoms with Gasteiger partial charge in [-0.2, -0.15) is 0 Å². The lowest BCUT2D eigenvalue weighted by Crippen LogP contribution is -2.60. The molecule has 0 amide bonds. The number of rotatable bonds is 8. The zero-order valence-electron chi connectivity index (χ0n) is 30.8. The Labute approximate surface area is 289 Å². The maximum absolute atomic E-state index is 12.5. The average molecular weight is 681 g/mol. The number of aliphatic imine (C=N–C) groups is 2. The number of benzene rings is 2. The molecule has 5 atom stereocenters. The van der Waals surface area contributed by atoms with Crippen molar-refractivity contribution in [1.29, 1.82) is 0 Å². The summed E-state index contributed by atoms with van der Waals surface area (Å²) in [5.41, 5.74) is 2.23. The van der Waals surface area contributed by atoms with Crippen LogP contribution in [0.2, 0.25) is 0 Å². The van der Waals surface area contributed by atoms with Gasteiger partial charge in [0.05, 0.1) is 0 Å². The Balaban J connectivity index is 2.26. The Hall–Kier alpha value is -4.25. The normalized spacial score (nSPS) is 21.9. The van der Waals surface area contributed by atoms with E-state index in [-0.39, 0.29) is 28.9 Å². The maximum Gasteiger partial charge on any atom is 0.303 e. The van der Waals surface area contributed by atoms with Crippen molar-refractivity contribution in [2.45, 2.75) is 130 Å². The number of para-hydroxylation sites is 1. The van der Waals surface area contributed by atoms with E-state index in [2.05, 4.69) is 20.8 Å². The van der Waals surface area contributed by atoms with Crippen LogP contribution >= 0.6 is 0 Å². The number of phenolic OH excluding ortho intramolecular Hbond substituents is 2.